The van der Waals surface area contributed by atoms with Crippen molar-refractivity contribution in [1.29, 1.82) is 0 Å². The monoisotopic (exact) mass is 423 g/mol. The van der Waals surface area contributed by atoms with Gasteiger partial charge in [-0.15, -0.1) is 0 Å². The fourth-order valence-corrected chi connectivity index (χ4v) is 2.59. The van der Waals surface area contributed by atoms with Crippen LogP contribution in [0.4, 0.5) is 4.79 Å². The van der Waals surface area contributed by atoms with Crippen molar-refractivity contribution in [1.82, 2.24) is 10.6 Å². The zero-order valence-corrected chi connectivity index (χ0v) is 17.1. The number of aliphatic hydroxyl groups excluding tert-OH is 1. The van der Waals surface area contributed by atoms with E-state index in [9.17, 15) is 24.3 Å². The van der Waals surface area contributed by atoms with Gasteiger partial charge in [-0.25, -0.2) is 4.79 Å². The number of alkyl carbamates (subject to hydrolysis) is 1. The number of amides is 3. The van der Waals surface area contributed by atoms with E-state index in [1.807, 2.05) is 18.2 Å². The van der Waals surface area contributed by atoms with Crippen molar-refractivity contribution in [2.24, 2.45) is 11.7 Å². The van der Waals surface area contributed by atoms with Crippen LogP contribution in [0.25, 0.3) is 0 Å². The van der Waals surface area contributed by atoms with E-state index in [2.05, 4.69) is 10.6 Å². The SMILES string of the molecule is CCOC(=O)C[C@H](C)[C@@H](NC(=O)C[C@H](O)CNC(=O)OCc1ccccc1)C(N)=O. The van der Waals surface area contributed by atoms with E-state index in [-0.39, 0.29) is 32.6 Å². The Kier molecular flexibility index (Phi) is 10.9. The maximum Gasteiger partial charge on any atom is 0.407 e. The number of nitrogens with one attached hydrogen (secondary N) is 2. The number of nitrogens with two attached hydrogens (primary N) is 1. The van der Waals surface area contributed by atoms with Crippen LogP contribution < -0.4 is 16.4 Å². The van der Waals surface area contributed by atoms with Crippen LogP contribution in [0.3, 0.4) is 0 Å². The van der Waals surface area contributed by atoms with E-state index < -0.39 is 41.9 Å². The number of carbonyl (C=O) groups is 4. The quantitative estimate of drug-likeness (QED) is 0.350. The number of primary amides is 1. The summed E-state index contributed by atoms with van der Waals surface area (Å²) in [6.45, 7) is 3.28. The van der Waals surface area contributed by atoms with Crippen molar-refractivity contribution < 1.29 is 33.8 Å². The first-order valence-corrected chi connectivity index (χ1v) is 9.59. The molecule has 0 bridgehead atoms. The molecule has 0 fully saturated rings. The first-order chi connectivity index (χ1) is 14.2. The van der Waals surface area contributed by atoms with E-state index in [0.717, 1.165) is 5.56 Å². The van der Waals surface area contributed by atoms with Crippen LogP contribution in [0.1, 0.15) is 32.3 Å². The lowest BCUT2D eigenvalue weighted by atomic mass is 9.97. The van der Waals surface area contributed by atoms with E-state index in [0.29, 0.717) is 0 Å². The van der Waals surface area contributed by atoms with Gasteiger partial charge < -0.3 is 30.9 Å². The minimum absolute atomic E-state index is 0.0713. The lowest BCUT2D eigenvalue weighted by molar-refractivity contribution is -0.145. The molecule has 0 spiro atoms. The molecule has 0 aliphatic heterocycles. The van der Waals surface area contributed by atoms with Crippen LogP contribution in [0.5, 0.6) is 0 Å². The third-order valence-electron chi connectivity index (χ3n) is 4.10. The van der Waals surface area contributed by atoms with Gasteiger partial charge in [0.25, 0.3) is 0 Å². The number of hydrogen-bond donors (Lipinski definition) is 4. The minimum atomic E-state index is -1.21. The van der Waals surface area contributed by atoms with Crippen molar-refractivity contribution in [2.75, 3.05) is 13.2 Å². The van der Waals surface area contributed by atoms with Crippen LogP contribution >= 0.6 is 0 Å². The van der Waals surface area contributed by atoms with Gasteiger partial charge in [0.15, 0.2) is 0 Å². The van der Waals surface area contributed by atoms with E-state index in [1.165, 1.54) is 0 Å². The third kappa shape index (κ3) is 9.87. The van der Waals surface area contributed by atoms with Crippen LogP contribution in [0.2, 0.25) is 0 Å². The molecule has 3 amide bonds. The Morgan fingerprint density at radius 2 is 1.77 bits per heavy atom. The summed E-state index contributed by atoms with van der Waals surface area (Å²) in [6, 6.07) is 7.95. The maximum atomic E-state index is 12.1. The van der Waals surface area contributed by atoms with Gasteiger partial charge >= 0.3 is 12.1 Å². The Morgan fingerprint density at radius 3 is 2.37 bits per heavy atom. The number of aliphatic hydroxyl groups is 1. The molecule has 0 aliphatic carbocycles. The average molecular weight is 423 g/mol. The standard InChI is InChI=1S/C20H29N3O7/c1-3-29-17(26)9-13(2)18(19(21)27)23-16(25)10-15(24)11-22-20(28)30-12-14-7-5-4-6-8-14/h4-8,13,15,18,24H,3,9-12H2,1-2H3,(H2,21,27)(H,22,28)(H,23,25)/t13-,15-,18+/m0/s1. The van der Waals surface area contributed by atoms with Crippen molar-refractivity contribution in [3.63, 3.8) is 0 Å². The summed E-state index contributed by atoms with van der Waals surface area (Å²) in [5.41, 5.74) is 6.11. The van der Waals surface area contributed by atoms with Gasteiger partial charge in [0, 0.05) is 6.54 Å². The topological polar surface area (TPSA) is 157 Å². The number of rotatable bonds is 12. The predicted molar refractivity (Wildman–Crippen MR) is 107 cm³/mol. The van der Waals surface area contributed by atoms with Gasteiger partial charge in [0.2, 0.25) is 11.8 Å². The van der Waals surface area contributed by atoms with Crippen LogP contribution in [-0.2, 0) is 30.5 Å². The Hall–Kier alpha value is -3.14. The second-order valence-electron chi connectivity index (χ2n) is 6.73. The molecule has 10 heteroatoms. The molecule has 0 unspecified atom stereocenters. The fraction of sp³-hybridized carbons (Fsp3) is 0.500. The molecule has 0 aliphatic rings. The van der Waals surface area contributed by atoms with Crippen LogP contribution in [0, 0.1) is 5.92 Å². The summed E-state index contributed by atoms with van der Waals surface area (Å²) in [4.78, 5) is 47.0. The normalized spacial score (nSPS) is 13.4. The summed E-state index contributed by atoms with van der Waals surface area (Å²) < 4.78 is 9.82. The van der Waals surface area contributed by atoms with Crippen LogP contribution in [-0.4, -0.2) is 54.3 Å². The van der Waals surface area contributed by atoms with Gasteiger partial charge in [-0.05, 0) is 18.4 Å². The summed E-state index contributed by atoms with van der Waals surface area (Å²) in [5, 5.41) is 14.7. The highest BCUT2D eigenvalue weighted by Gasteiger charge is 2.27. The van der Waals surface area contributed by atoms with E-state index in [4.69, 9.17) is 15.2 Å². The molecular weight excluding hydrogens is 394 g/mol. The molecule has 0 radical (unpaired) electrons. The molecule has 5 N–H and O–H groups in total. The molecule has 30 heavy (non-hydrogen) atoms. The molecule has 0 saturated heterocycles. The van der Waals surface area contributed by atoms with Crippen molar-refractivity contribution in [2.45, 2.75) is 45.4 Å². The summed E-state index contributed by atoms with van der Waals surface area (Å²) >= 11 is 0. The minimum Gasteiger partial charge on any atom is -0.466 e. The molecule has 1 aromatic rings. The van der Waals surface area contributed by atoms with Gasteiger partial charge in [0.1, 0.15) is 12.6 Å². The molecule has 1 aromatic carbocycles. The maximum absolute atomic E-state index is 12.1. The van der Waals surface area contributed by atoms with E-state index in [1.54, 1.807) is 26.0 Å². The zero-order valence-electron chi connectivity index (χ0n) is 17.1. The fourth-order valence-electron chi connectivity index (χ4n) is 2.59. The molecule has 1 rings (SSSR count). The second kappa shape index (κ2) is 13.2. The Balaban J connectivity index is 2.39. The molecule has 0 saturated carbocycles. The Labute approximate surface area is 175 Å². The first-order valence-electron chi connectivity index (χ1n) is 9.59. The lowest BCUT2D eigenvalue weighted by Crippen LogP contribution is -2.50. The second-order valence-corrected chi connectivity index (χ2v) is 6.73. The molecule has 3 atom stereocenters. The third-order valence-corrected chi connectivity index (χ3v) is 4.10. The number of ether oxygens (including phenoxy) is 2. The highest BCUT2D eigenvalue weighted by molar-refractivity contribution is 5.87. The molecule has 10 nitrogen and oxygen atoms in total. The van der Waals surface area contributed by atoms with Gasteiger partial charge in [-0.3, -0.25) is 14.4 Å². The van der Waals surface area contributed by atoms with Gasteiger partial charge in [-0.1, -0.05) is 37.3 Å². The lowest BCUT2D eigenvalue weighted by Gasteiger charge is -2.22. The Bertz CT molecular complexity index is 712. The smallest absolute Gasteiger partial charge is 0.407 e. The predicted octanol–water partition coefficient (Wildman–Crippen LogP) is 0.223. The number of benzene rings is 1. The number of hydrogen-bond acceptors (Lipinski definition) is 7. The van der Waals surface area contributed by atoms with E-state index >= 15 is 0 Å². The van der Waals surface area contributed by atoms with Gasteiger partial charge in [0.05, 0.1) is 25.6 Å². The molecule has 166 valence electrons. The molecule has 0 heterocycles. The van der Waals surface area contributed by atoms with Crippen LogP contribution in [0.15, 0.2) is 30.3 Å². The highest BCUT2D eigenvalue weighted by Crippen LogP contribution is 2.10. The molecule has 0 aromatic heterocycles. The van der Waals surface area contributed by atoms with Crippen molar-refractivity contribution >= 4 is 23.9 Å². The highest BCUT2D eigenvalue weighted by atomic mass is 16.5. The number of carbonyl (C=O) groups excluding carboxylic acids is 4. The van der Waals surface area contributed by atoms with Crippen molar-refractivity contribution in [3.8, 4) is 0 Å². The summed E-state index contributed by atoms with van der Waals surface area (Å²) in [5.74, 6) is -2.56. The summed E-state index contributed by atoms with van der Waals surface area (Å²) in [6.07, 6.45) is -2.42. The zero-order chi connectivity index (χ0) is 22.5. The first kappa shape index (κ1) is 24.9. The van der Waals surface area contributed by atoms with Gasteiger partial charge in [-0.2, -0.15) is 0 Å². The number of esters is 1. The molecular formula is C20H29N3O7. The average Bonchev–Trinajstić information content (AvgIpc) is 2.69. The largest absolute Gasteiger partial charge is 0.466 e. The Morgan fingerprint density at radius 1 is 1.10 bits per heavy atom. The van der Waals surface area contributed by atoms with Crippen molar-refractivity contribution in [3.05, 3.63) is 35.9 Å². The summed E-state index contributed by atoms with van der Waals surface area (Å²) in [7, 11) is 0.